The molecular formula is C20H19ClN6. The molecule has 0 saturated heterocycles. The van der Waals surface area contributed by atoms with Crippen LogP contribution in [0.15, 0.2) is 55.0 Å². The number of nitrogens with zero attached hydrogens (tertiary/aromatic N) is 5. The van der Waals surface area contributed by atoms with E-state index in [2.05, 4.69) is 63.4 Å². The van der Waals surface area contributed by atoms with Crippen LogP contribution in [0.4, 0.5) is 5.82 Å². The average Bonchev–Trinajstić information content (AvgIpc) is 3.11. The first-order valence-corrected chi connectivity index (χ1v) is 9.14. The van der Waals surface area contributed by atoms with Gasteiger partial charge in [-0.25, -0.2) is 4.98 Å². The summed E-state index contributed by atoms with van der Waals surface area (Å²) in [6.07, 6.45) is 3.57. The summed E-state index contributed by atoms with van der Waals surface area (Å²) in [5.74, 6) is 0.637. The van der Waals surface area contributed by atoms with Crippen molar-refractivity contribution < 1.29 is 0 Å². The number of pyridine rings is 1. The molecule has 0 aliphatic rings. The van der Waals surface area contributed by atoms with Gasteiger partial charge in [0.15, 0.2) is 17.0 Å². The standard InChI is InChI=1S/C20H19ClN6/c1-13(2)27-12-24-17-18(25-20(21)26-19(17)27)23-11-14-6-8-15(9-7-14)16-5-3-4-10-22-16/h3-10,12-13H,11H2,1-2H3,(H,23,25,26). The summed E-state index contributed by atoms with van der Waals surface area (Å²) >= 11 is 6.12. The third kappa shape index (κ3) is 3.61. The van der Waals surface area contributed by atoms with Gasteiger partial charge in [0.1, 0.15) is 0 Å². The first-order chi connectivity index (χ1) is 13.1. The molecule has 1 aromatic carbocycles. The normalized spacial score (nSPS) is 11.3. The van der Waals surface area contributed by atoms with Gasteiger partial charge in [-0.05, 0) is 43.1 Å². The van der Waals surface area contributed by atoms with Crippen molar-refractivity contribution in [1.29, 1.82) is 0 Å². The highest BCUT2D eigenvalue weighted by Gasteiger charge is 2.14. The predicted molar refractivity (Wildman–Crippen MR) is 108 cm³/mol. The van der Waals surface area contributed by atoms with E-state index in [0.29, 0.717) is 12.4 Å². The van der Waals surface area contributed by atoms with Gasteiger partial charge in [0.2, 0.25) is 5.28 Å². The fourth-order valence-electron chi connectivity index (χ4n) is 2.90. The van der Waals surface area contributed by atoms with Crippen LogP contribution in [0.1, 0.15) is 25.5 Å². The second kappa shape index (κ2) is 7.32. The second-order valence-electron chi connectivity index (χ2n) is 6.52. The van der Waals surface area contributed by atoms with Gasteiger partial charge in [-0.2, -0.15) is 9.97 Å². The number of benzene rings is 1. The minimum absolute atomic E-state index is 0.206. The van der Waals surface area contributed by atoms with Crippen molar-refractivity contribution in [2.75, 3.05) is 5.32 Å². The molecule has 0 fully saturated rings. The van der Waals surface area contributed by atoms with Crippen molar-refractivity contribution in [2.24, 2.45) is 0 Å². The number of nitrogens with one attached hydrogen (secondary N) is 1. The number of anilines is 1. The third-order valence-electron chi connectivity index (χ3n) is 4.33. The zero-order valence-electron chi connectivity index (χ0n) is 15.1. The highest BCUT2D eigenvalue weighted by Crippen LogP contribution is 2.24. The molecule has 3 aromatic heterocycles. The molecule has 7 heteroatoms. The van der Waals surface area contributed by atoms with Crippen molar-refractivity contribution in [3.8, 4) is 11.3 Å². The summed E-state index contributed by atoms with van der Waals surface area (Å²) in [6.45, 7) is 4.76. The van der Waals surface area contributed by atoms with E-state index in [1.54, 1.807) is 12.5 Å². The topological polar surface area (TPSA) is 68.5 Å². The molecule has 27 heavy (non-hydrogen) atoms. The van der Waals surface area contributed by atoms with Crippen LogP contribution in [0.3, 0.4) is 0 Å². The molecule has 1 N–H and O–H groups in total. The number of fused-ring (bicyclic) bond motifs is 1. The summed E-state index contributed by atoms with van der Waals surface area (Å²) in [5, 5.41) is 3.54. The Morgan fingerprint density at radius 3 is 2.56 bits per heavy atom. The fraction of sp³-hybridized carbons (Fsp3) is 0.200. The van der Waals surface area contributed by atoms with Crippen LogP contribution in [0.5, 0.6) is 0 Å². The number of rotatable bonds is 5. The number of hydrogen-bond acceptors (Lipinski definition) is 5. The smallest absolute Gasteiger partial charge is 0.226 e. The van der Waals surface area contributed by atoms with Crippen LogP contribution in [-0.4, -0.2) is 24.5 Å². The number of aromatic nitrogens is 5. The molecule has 0 bridgehead atoms. The molecular weight excluding hydrogens is 360 g/mol. The van der Waals surface area contributed by atoms with Crippen LogP contribution >= 0.6 is 11.6 Å². The van der Waals surface area contributed by atoms with E-state index >= 15 is 0 Å². The van der Waals surface area contributed by atoms with Gasteiger partial charge in [0.25, 0.3) is 0 Å². The average molecular weight is 379 g/mol. The Labute approximate surface area is 162 Å². The molecule has 4 rings (SSSR count). The van der Waals surface area contributed by atoms with Crippen molar-refractivity contribution in [3.05, 3.63) is 65.8 Å². The minimum atomic E-state index is 0.206. The Morgan fingerprint density at radius 1 is 1.04 bits per heavy atom. The van der Waals surface area contributed by atoms with Gasteiger partial charge in [-0.1, -0.05) is 30.3 Å². The molecule has 0 unspecified atom stereocenters. The van der Waals surface area contributed by atoms with E-state index in [1.165, 1.54) is 0 Å². The maximum absolute atomic E-state index is 6.12. The van der Waals surface area contributed by atoms with E-state index in [1.807, 2.05) is 22.8 Å². The molecule has 4 aromatic rings. The highest BCUT2D eigenvalue weighted by molar-refractivity contribution is 6.28. The predicted octanol–water partition coefficient (Wildman–Crippen LogP) is 4.73. The molecule has 136 valence electrons. The van der Waals surface area contributed by atoms with Crippen LogP contribution < -0.4 is 5.32 Å². The molecule has 0 radical (unpaired) electrons. The van der Waals surface area contributed by atoms with Gasteiger partial charge >= 0.3 is 0 Å². The lowest BCUT2D eigenvalue weighted by Crippen LogP contribution is -2.05. The van der Waals surface area contributed by atoms with Crippen molar-refractivity contribution >= 4 is 28.6 Å². The molecule has 0 amide bonds. The number of imidazole rings is 1. The van der Waals surface area contributed by atoms with E-state index in [9.17, 15) is 0 Å². The van der Waals surface area contributed by atoms with Gasteiger partial charge in [0, 0.05) is 24.3 Å². The van der Waals surface area contributed by atoms with E-state index in [4.69, 9.17) is 11.6 Å². The molecule has 0 atom stereocenters. The Balaban J connectivity index is 1.55. The summed E-state index contributed by atoms with van der Waals surface area (Å²) in [7, 11) is 0. The number of hydrogen-bond donors (Lipinski definition) is 1. The van der Waals surface area contributed by atoms with Crippen molar-refractivity contribution in [2.45, 2.75) is 26.4 Å². The molecule has 3 heterocycles. The Hall–Kier alpha value is -2.99. The monoisotopic (exact) mass is 378 g/mol. The summed E-state index contributed by atoms with van der Waals surface area (Å²) in [4.78, 5) is 17.5. The lowest BCUT2D eigenvalue weighted by atomic mass is 10.1. The lowest BCUT2D eigenvalue weighted by molar-refractivity contribution is 0.612. The fourth-order valence-corrected chi connectivity index (χ4v) is 3.07. The Morgan fingerprint density at radius 2 is 1.85 bits per heavy atom. The third-order valence-corrected chi connectivity index (χ3v) is 4.49. The van der Waals surface area contributed by atoms with Crippen LogP contribution in [-0.2, 0) is 6.54 Å². The quantitative estimate of drug-likeness (QED) is 0.508. The van der Waals surface area contributed by atoms with Crippen molar-refractivity contribution in [3.63, 3.8) is 0 Å². The molecule has 0 aliphatic heterocycles. The molecule has 0 spiro atoms. The molecule has 0 saturated carbocycles. The zero-order valence-corrected chi connectivity index (χ0v) is 15.9. The van der Waals surface area contributed by atoms with Gasteiger partial charge in [-0.3, -0.25) is 4.98 Å². The summed E-state index contributed by atoms with van der Waals surface area (Å²) in [5.41, 5.74) is 4.63. The second-order valence-corrected chi connectivity index (χ2v) is 6.86. The SMILES string of the molecule is CC(C)n1cnc2c(NCc3ccc(-c4ccccn4)cc3)nc(Cl)nc21. The van der Waals surface area contributed by atoms with Crippen molar-refractivity contribution in [1.82, 2.24) is 24.5 Å². The maximum atomic E-state index is 6.12. The van der Waals surface area contributed by atoms with E-state index in [0.717, 1.165) is 28.0 Å². The van der Waals surface area contributed by atoms with E-state index in [-0.39, 0.29) is 11.3 Å². The van der Waals surface area contributed by atoms with Crippen LogP contribution in [0.2, 0.25) is 5.28 Å². The highest BCUT2D eigenvalue weighted by atomic mass is 35.5. The number of halogens is 1. The van der Waals surface area contributed by atoms with Gasteiger partial charge < -0.3 is 9.88 Å². The Kier molecular flexibility index (Phi) is 4.73. The van der Waals surface area contributed by atoms with E-state index < -0.39 is 0 Å². The van der Waals surface area contributed by atoms with Gasteiger partial charge in [0.05, 0.1) is 12.0 Å². The molecule has 6 nitrogen and oxygen atoms in total. The first kappa shape index (κ1) is 17.4. The minimum Gasteiger partial charge on any atom is -0.364 e. The van der Waals surface area contributed by atoms with Crippen LogP contribution in [0.25, 0.3) is 22.4 Å². The summed E-state index contributed by atoms with van der Waals surface area (Å²) < 4.78 is 1.98. The molecule has 0 aliphatic carbocycles. The van der Waals surface area contributed by atoms with Crippen LogP contribution in [0, 0.1) is 0 Å². The zero-order chi connectivity index (χ0) is 18.8. The first-order valence-electron chi connectivity index (χ1n) is 8.76. The Bertz CT molecular complexity index is 1060. The van der Waals surface area contributed by atoms with Gasteiger partial charge in [-0.15, -0.1) is 0 Å². The largest absolute Gasteiger partial charge is 0.364 e. The lowest BCUT2D eigenvalue weighted by Gasteiger charge is -2.10. The maximum Gasteiger partial charge on any atom is 0.226 e. The summed E-state index contributed by atoms with van der Waals surface area (Å²) in [6, 6.07) is 14.4.